The fraction of sp³-hybridized carbons (Fsp3) is 0.476. The first-order chi connectivity index (χ1) is 12.8. The lowest BCUT2D eigenvalue weighted by atomic mass is 9.72. The number of carbonyl (C=O) groups excluding carboxylic acids is 2. The van der Waals surface area contributed by atoms with E-state index in [4.69, 9.17) is 4.74 Å². The van der Waals surface area contributed by atoms with Crippen LogP contribution in [0.4, 0.5) is 5.00 Å². The van der Waals surface area contributed by atoms with E-state index in [1.165, 1.54) is 22.4 Å². The molecule has 5 nitrogen and oxygen atoms in total. The Morgan fingerprint density at radius 1 is 1.37 bits per heavy atom. The Morgan fingerprint density at radius 3 is 2.78 bits per heavy atom. The van der Waals surface area contributed by atoms with Crippen LogP contribution >= 0.6 is 11.3 Å². The van der Waals surface area contributed by atoms with Gasteiger partial charge in [-0.15, -0.1) is 11.3 Å². The van der Waals surface area contributed by atoms with Crippen LogP contribution < -0.4 is 5.32 Å². The third kappa shape index (κ3) is 4.21. The van der Waals surface area contributed by atoms with Crippen molar-refractivity contribution in [1.29, 1.82) is 0 Å². The summed E-state index contributed by atoms with van der Waals surface area (Å²) >= 11 is 1.51. The lowest BCUT2D eigenvalue weighted by Crippen LogP contribution is -2.26. The lowest BCUT2D eigenvalue weighted by Gasteiger charge is -2.33. The summed E-state index contributed by atoms with van der Waals surface area (Å²) < 4.78 is 5.28. The van der Waals surface area contributed by atoms with Crippen LogP contribution in [-0.2, 0) is 17.6 Å². The summed E-state index contributed by atoms with van der Waals surface area (Å²) in [4.78, 5) is 30.4. The van der Waals surface area contributed by atoms with E-state index in [0.717, 1.165) is 24.8 Å². The van der Waals surface area contributed by atoms with Gasteiger partial charge in [0.25, 0.3) is 5.91 Å². The van der Waals surface area contributed by atoms with E-state index in [1.807, 2.05) is 0 Å². The summed E-state index contributed by atoms with van der Waals surface area (Å²) in [6.45, 7) is 8.87. The average molecular weight is 387 g/mol. The van der Waals surface area contributed by atoms with E-state index in [2.05, 4.69) is 31.1 Å². The summed E-state index contributed by atoms with van der Waals surface area (Å²) in [6.07, 6.45) is 5.94. The number of ether oxygens (including phenoxy) is 1. The van der Waals surface area contributed by atoms with E-state index in [-0.39, 0.29) is 17.3 Å². The van der Waals surface area contributed by atoms with Crippen LogP contribution in [0.1, 0.15) is 65.3 Å². The SMILES string of the molecule is CCOC(=O)c1c(NC(=O)c2cccnc2)sc2c1CCC(C(C)(C)C)C2. The number of esters is 1. The van der Waals surface area contributed by atoms with Crippen molar-refractivity contribution in [3.05, 3.63) is 46.1 Å². The van der Waals surface area contributed by atoms with Crippen molar-refractivity contribution >= 4 is 28.2 Å². The molecule has 6 heteroatoms. The van der Waals surface area contributed by atoms with Crippen LogP contribution in [0.25, 0.3) is 0 Å². The van der Waals surface area contributed by atoms with Crippen LogP contribution in [0.5, 0.6) is 0 Å². The molecule has 3 rings (SSSR count). The highest BCUT2D eigenvalue weighted by Crippen LogP contribution is 2.44. The van der Waals surface area contributed by atoms with Gasteiger partial charge in [-0.05, 0) is 55.2 Å². The molecule has 1 N–H and O–H groups in total. The molecule has 144 valence electrons. The van der Waals surface area contributed by atoms with Gasteiger partial charge in [0.1, 0.15) is 5.00 Å². The Bertz CT molecular complexity index is 837. The molecule has 27 heavy (non-hydrogen) atoms. The minimum atomic E-state index is -0.356. The second-order valence-corrected chi connectivity index (χ2v) is 9.04. The molecule has 0 radical (unpaired) electrons. The van der Waals surface area contributed by atoms with Gasteiger partial charge in [0, 0.05) is 17.3 Å². The molecule has 1 aliphatic carbocycles. The number of rotatable bonds is 4. The lowest BCUT2D eigenvalue weighted by molar-refractivity contribution is 0.0526. The molecule has 1 unspecified atom stereocenters. The number of nitrogens with one attached hydrogen (secondary N) is 1. The van der Waals surface area contributed by atoms with Gasteiger partial charge in [-0.1, -0.05) is 20.8 Å². The van der Waals surface area contributed by atoms with Crippen molar-refractivity contribution in [3.63, 3.8) is 0 Å². The number of hydrogen-bond acceptors (Lipinski definition) is 5. The number of nitrogens with zero attached hydrogens (tertiary/aromatic N) is 1. The van der Waals surface area contributed by atoms with Crippen molar-refractivity contribution in [1.82, 2.24) is 4.98 Å². The molecule has 1 aliphatic rings. The van der Waals surface area contributed by atoms with Crippen molar-refractivity contribution in [2.75, 3.05) is 11.9 Å². The zero-order valence-corrected chi connectivity index (χ0v) is 17.1. The number of aromatic nitrogens is 1. The van der Waals surface area contributed by atoms with Gasteiger partial charge in [0.15, 0.2) is 0 Å². The molecule has 0 spiro atoms. The summed E-state index contributed by atoms with van der Waals surface area (Å²) in [5.74, 6) is -0.0640. The average Bonchev–Trinajstić information content (AvgIpc) is 2.99. The molecule has 1 atom stereocenters. The second-order valence-electron chi connectivity index (χ2n) is 7.93. The van der Waals surface area contributed by atoms with Crippen molar-refractivity contribution in [2.24, 2.45) is 11.3 Å². The van der Waals surface area contributed by atoms with Crippen LogP contribution in [0, 0.1) is 11.3 Å². The van der Waals surface area contributed by atoms with E-state index >= 15 is 0 Å². The Labute approximate surface area is 164 Å². The highest BCUT2D eigenvalue weighted by Gasteiger charge is 2.34. The fourth-order valence-corrected chi connectivity index (χ4v) is 4.82. The molecule has 0 saturated carbocycles. The molecule has 0 saturated heterocycles. The first kappa shape index (κ1) is 19.5. The largest absolute Gasteiger partial charge is 0.462 e. The molecule has 2 aromatic heterocycles. The highest BCUT2D eigenvalue weighted by atomic mass is 32.1. The smallest absolute Gasteiger partial charge is 0.341 e. The van der Waals surface area contributed by atoms with E-state index in [1.54, 1.807) is 25.3 Å². The zero-order valence-electron chi connectivity index (χ0n) is 16.3. The number of pyridine rings is 1. The summed E-state index contributed by atoms with van der Waals surface area (Å²) in [7, 11) is 0. The Morgan fingerprint density at radius 2 is 2.15 bits per heavy atom. The highest BCUT2D eigenvalue weighted by molar-refractivity contribution is 7.17. The minimum absolute atomic E-state index is 0.213. The molecule has 2 aromatic rings. The van der Waals surface area contributed by atoms with E-state index in [9.17, 15) is 9.59 Å². The number of thiophene rings is 1. The maximum Gasteiger partial charge on any atom is 0.341 e. The maximum absolute atomic E-state index is 12.6. The monoisotopic (exact) mass is 386 g/mol. The normalized spacial score (nSPS) is 16.5. The first-order valence-electron chi connectivity index (χ1n) is 9.34. The molecule has 0 aromatic carbocycles. The molecule has 1 amide bonds. The van der Waals surface area contributed by atoms with Crippen LogP contribution in [0.2, 0.25) is 0 Å². The van der Waals surface area contributed by atoms with Gasteiger partial charge >= 0.3 is 5.97 Å². The quantitative estimate of drug-likeness (QED) is 0.772. The summed E-state index contributed by atoms with van der Waals surface area (Å²) in [6, 6.07) is 3.42. The third-order valence-electron chi connectivity index (χ3n) is 5.12. The number of hydrogen-bond donors (Lipinski definition) is 1. The van der Waals surface area contributed by atoms with Gasteiger partial charge in [0.2, 0.25) is 0 Å². The molecule has 2 heterocycles. The molecule has 0 fully saturated rings. The zero-order chi connectivity index (χ0) is 19.6. The van der Waals surface area contributed by atoms with Gasteiger partial charge in [-0.3, -0.25) is 9.78 Å². The van der Waals surface area contributed by atoms with E-state index < -0.39 is 0 Å². The van der Waals surface area contributed by atoms with Crippen LogP contribution in [-0.4, -0.2) is 23.5 Å². The number of anilines is 1. The van der Waals surface area contributed by atoms with Crippen LogP contribution in [0.3, 0.4) is 0 Å². The summed E-state index contributed by atoms with van der Waals surface area (Å²) in [5, 5.41) is 3.50. The predicted molar refractivity (Wildman–Crippen MR) is 107 cm³/mol. The topological polar surface area (TPSA) is 68.3 Å². The van der Waals surface area contributed by atoms with E-state index in [0.29, 0.717) is 28.7 Å². The second kappa shape index (κ2) is 7.80. The van der Waals surface area contributed by atoms with Gasteiger partial charge < -0.3 is 10.1 Å². The Balaban J connectivity index is 1.94. The van der Waals surface area contributed by atoms with Gasteiger partial charge in [0.05, 0.1) is 17.7 Å². The minimum Gasteiger partial charge on any atom is -0.462 e. The molecular formula is C21H26N2O3S. The molecule has 0 aliphatic heterocycles. The fourth-order valence-electron chi connectivity index (χ4n) is 3.50. The van der Waals surface area contributed by atoms with Crippen LogP contribution in [0.15, 0.2) is 24.5 Å². The van der Waals surface area contributed by atoms with Crippen molar-refractivity contribution in [3.8, 4) is 0 Å². The van der Waals surface area contributed by atoms with Gasteiger partial charge in [-0.2, -0.15) is 0 Å². The predicted octanol–water partition coefficient (Wildman–Crippen LogP) is 4.72. The maximum atomic E-state index is 12.6. The standard InChI is InChI=1S/C21H26N2O3S/c1-5-26-20(25)17-15-9-8-14(21(2,3)4)11-16(15)27-19(17)23-18(24)13-7-6-10-22-12-13/h6-7,10,12,14H,5,8-9,11H2,1-4H3,(H,23,24). The third-order valence-corrected chi connectivity index (χ3v) is 6.29. The Kier molecular flexibility index (Phi) is 5.65. The van der Waals surface area contributed by atoms with Crippen molar-refractivity contribution in [2.45, 2.75) is 47.0 Å². The van der Waals surface area contributed by atoms with Crippen molar-refractivity contribution < 1.29 is 14.3 Å². The molecule has 0 bridgehead atoms. The number of amides is 1. The number of fused-ring (bicyclic) bond motifs is 1. The molecular weight excluding hydrogens is 360 g/mol. The first-order valence-corrected chi connectivity index (χ1v) is 10.2. The van der Waals surface area contributed by atoms with Gasteiger partial charge in [-0.25, -0.2) is 4.79 Å². The summed E-state index contributed by atoms with van der Waals surface area (Å²) in [5.41, 5.74) is 2.25. The number of carbonyl (C=O) groups is 2. The Hall–Kier alpha value is -2.21.